The highest BCUT2D eigenvalue weighted by Crippen LogP contribution is 2.16. The third-order valence-corrected chi connectivity index (χ3v) is 2.20. The Morgan fingerprint density at radius 3 is 2.75 bits per heavy atom. The number of pyridine rings is 1. The fourth-order valence-corrected chi connectivity index (χ4v) is 1.44. The molecule has 1 N–H and O–H groups in total. The van der Waals surface area contributed by atoms with Crippen LogP contribution in [-0.2, 0) is 0 Å². The molecule has 16 heavy (non-hydrogen) atoms. The van der Waals surface area contributed by atoms with Crippen LogP contribution in [0.2, 0.25) is 0 Å². The summed E-state index contributed by atoms with van der Waals surface area (Å²) in [4.78, 5) is 24.5. The number of aromatic amines is 1. The highest BCUT2D eigenvalue weighted by Gasteiger charge is 2.05. The zero-order valence-corrected chi connectivity index (χ0v) is 8.24. The Balaban J connectivity index is 2.63. The third kappa shape index (κ3) is 1.91. The molecule has 0 unspecified atom stereocenters. The van der Waals surface area contributed by atoms with E-state index in [-0.39, 0.29) is 11.1 Å². The zero-order chi connectivity index (χ0) is 11.5. The summed E-state index contributed by atoms with van der Waals surface area (Å²) >= 11 is 0. The average Bonchev–Trinajstić information content (AvgIpc) is 2.30. The summed E-state index contributed by atoms with van der Waals surface area (Å²) in [5.74, 6) is -0.423. The van der Waals surface area contributed by atoms with E-state index in [4.69, 9.17) is 0 Å². The minimum absolute atomic E-state index is 0.282. The number of nitrogens with one attached hydrogen (secondary N) is 1. The molecule has 3 nitrogen and oxygen atoms in total. The van der Waals surface area contributed by atoms with Gasteiger partial charge in [-0.1, -0.05) is 12.1 Å². The van der Waals surface area contributed by atoms with E-state index in [1.165, 1.54) is 30.5 Å². The van der Waals surface area contributed by atoms with Gasteiger partial charge in [0.2, 0.25) is 0 Å². The Labute approximate surface area is 90.6 Å². The Bertz CT molecular complexity index is 590. The van der Waals surface area contributed by atoms with E-state index < -0.39 is 5.82 Å². The van der Waals surface area contributed by atoms with Gasteiger partial charge in [0.15, 0.2) is 6.29 Å². The molecule has 0 atom stereocenters. The van der Waals surface area contributed by atoms with Crippen LogP contribution in [0.4, 0.5) is 4.39 Å². The Hall–Kier alpha value is -2.23. The molecule has 0 bridgehead atoms. The van der Waals surface area contributed by atoms with Gasteiger partial charge in [0.25, 0.3) is 5.56 Å². The van der Waals surface area contributed by atoms with Crippen molar-refractivity contribution in [2.45, 2.75) is 0 Å². The SMILES string of the molecule is O=Cc1c[nH]c(=O)c(-c2cccc(F)c2)c1. The van der Waals surface area contributed by atoms with Gasteiger partial charge in [0.1, 0.15) is 5.82 Å². The van der Waals surface area contributed by atoms with E-state index >= 15 is 0 Å². The smallest absolute Gasteiger partial charge is 0.255 e. The van der Waals surface area contributed by atoms with Gasteiger partial charge in [-0.15, -0.1) is 0 Å². The Morgan fingerprint density at radius 2 is 2.06 bits per heavy atom. The van der Waals surface area contributed by atoms with Crippen molar-refractivity contribution in [2.24, 2.45) is 0 Å². The topological polar surface area (TPSA) is 49.9 Å². The van der Waals surface area contributed by atoms with E-state index in [9.17, 15) is 14.0 Å². The van der Waals surface area contributed by atoms with Crippen LogP contribution < -0.4 is 5.56 Å². The fraction of sp³-hybridized carbons (Fsp3) is 0. The van der Waals surface area contributed by atoms with Gasteiger partial charge in [-0.05, 0) is 23.8 Å². The summed E-state index contributed by atoms with van der Waals surface area (Å²) in [5.41, 5.74) is 0.726. The number of hydrogen-bond acceptors (Lipinski definition) is 2. The highest BCUT2D eigenvalue weighted by atomic mass is 19.1. The lowest BCUT2D eigenvalue weighted by Crippen LogP contribution is -2.09. The molecular weight excluding hydrogens is 209 g/mol. The first-order valence-corrected chi connectivity index (χ1v) is 4.64. The molecule has 0 saturated carbocycles. The molecule has 0 aliphatic heterocycles. The summed E-state index contributed by atoms with van der Waals surface area (Å²) in [5, 5.41) is 0. The van der Waals surface area contributed by atoms with Gasteiger partial charge in [0, 0.05) is 17.3 Å². The Kier molecular flexibility index (Phi) is 2.64. The predicted molar refractivity (Wildman–Crippen MR) is 57.8 cm³/mol. The minimum Gasteiger partial charge on any atom is -0.328 e. The van der Waals surface area contributed by atoms with Gasteiger partial charge in [-0.25, -0.2) is 4.39 Å². The van der Waals surface area contributed by atoms with Crippen LogP contribution in [0.1, 0.15) is 10.4 Å². The van der Waals surface area contributed by atoms with Crippen LogP contribution in [0.3, 0.4) is 0 Å². The molecule has 2 aromatic rings. The molecule has 0 aliphatic carbocycles. The van der Waals surface area contributed by atoms with Crippen LogP contribution in [0.15, 0.2) is 41.3 Å². The van der Waals surface area contributed by atoms with Crippen LogP contribution in [0, 0.1) is 5.82 Å². The van der Waals surface area contributed by atoms with Crippen molar-refractivity contribution in [1.29, 1.82) is 0 Å². The molecule has 80 valence electrons. The number of H-pyrrole nitrogens is 1. The first kappa shape index (κ1) is 10.3. The number of rotatable bonds is 2. The first-order valence-electron chi connectivity index (χ1n) is 4.64. The van der Waals surface area contributed by atoms with E-state index in [0.29, 0.717) is 17.4 Å². The molecular formula is C12H8FNO2. The molecule has 2 rings (SSSR count). The normalized spacial score (nSPS) is 10.1. The summed E-state index contributed by atoms with van der Waals surface area (Å²) in [6.45, 7) is 0. The lowest BCUT2D eigenvalue weighted by Gasteiger charge is -2.01. The van der Waals surface area contributed by atoms with Gasteiger partial charge >= 0.3 is 0 Å². The highest BCUT2D eigenvalue weighted by molar-refractivity contribution is 5.77. The van der Waals surface area contributed by atoms with Crippen LogP contribution in [-0.4, -0.2) is 11.3 Å². The first-order chi connectivity index (χ1) is 7.70. The maximum absolute atomic E-state index is 13.0. The quantitative estimate of drug-likeness (QED) is 0.782. The maximum Gasteiger partial charge on any atom is 0.255 e. The van der Waals surface area contributed by atoms with E-state index in [2.05, 4.69) is 4.98 Å². The van der Waals surface area contributed by atoms with E-state index in [1.54, 1.807) is 6.07 Å². The van der Waals surface area contributed by atoms with Crippen LogP contribution >= 0.6 is 0 Å². The van der Waals surface area contributed by atoms with Gasteiger partial charge in [-0.3, -0.25) is 9.59 Å². The molecule has 4 heteroatoms. The van der Waals surface area contributed by atoms with Crippen molar-refractivity contribution < 1.29 is 9.18 Å². The van der Waals surface area contributed by atoms with Crippen molar-refractivity contribution in [2.75, 3.05) is 0 Å². The minimum atomic E-state index is -0.423. The molecule has 1 heterocycles. The predicted octanol–water partition coefficient (Wildman–Crippen LogP) is 1.99. The molecule has 0 amide bonds. The van der Waals surface area contributed by atoms with E-state index in [0.717, 1.165) is 0 Å². The fourth-order valence-electron chi connectivity index (χ4n) is 1.44. The van der Waals surface area contributed by atoms with Crippen molar-refractivity contribution in [3.63, 3.8) is 0 Å². The van der Waals surface area contributed by atoms with Crippen molar-refractivity contribution in [3.05, 3.63) is 58.3 Å². The number of aldehydes is 1. The average molecular weight is 217 g/mol. The van der Waals surface area contributed by atoms with Crippen molar-refractivity contribution >= 4 is 6.29 Å². The Morgan fingerprint density at radius 1 is 1.25 bits per heavy atom. The third-order valence-electron chi connectivity index (χ3n) is 2.20. The number of carbonyl (C=O) groups excluding carboxylic acids is 1. The molecule has 0 fully saturated rings. The molecule has 1 aromatic heterocycles. The summed E-state index contributed by atoms with van der Waals surface area (Å²) in [7, 11) is 0. The summed E-state index contributed by atoms with van der Waals surface area (Å²) < 4.78 is 13.0. The summed E-state index contributed by atoms with van der Waals surface area (Å²) in [6.07, 6.45) is 1.94. The lowest BCUT2D eigenvalue weighted by atomic mass is 10.1. The van der Waals surface area contributed by atoms with Gasteiger partial charge < -0.3 is 4.98 Å². The van der Waals surface area contributed by atoms with Crippen molar-refractivity contribution in [3.8, 4) is 11.1 Å². The van der Waals surface area contributed by atoms with Crippen LogP contribution in [0.25, 0.3) is 11.1 Å². The molecule has 1 aromatic carbocycles. The lowest BCUT2D eigenvalue weighted by molar-refractivity contribution is 0.112. The van der Waals surface area contributed by atoms with Gasteiger partial charge in [-0.2, -0.15) is 0 Å². The molecule has 0 radical (unpaired) electrons. The number of carbonyl (C=O) groups is 1. The monoisotopic (exact) mass is 217 g/mol. The van der Waals surface area contributed by atoms with Gasteiger partial charge in [0.05, 0.1) is 0 Å². The second kappa shape index (κ2) is 4.10. The summed E-state index contributed by atoms with van der Waals surface area (Å²) in [6, 6.07) is 7.10. The standard InChI is InChI=1S/C12H8FNO2/c13-10-3-1-2-9(5-10)11-4-8(7-15)6-14-12(11)16/h1-7H,(H,14,16). The second-order valence-electron chi connectivity index (χ2n) is 3.30. The molecule has 0 aliphatic rings. The molecule has 0 saturated heterocycles. The van der Waals surface area contributed by atoms with Crippen molar-refractivity contribution in [1.82, 2.24) is 4.98 Å². The number of hydrogen-bond donors (Lipinski definition) is 1. The number of benzene rings is 1. The van der Waals surface area contributed by atoms with E-state index in [1.807, 2.05) is 0 Å². The maximum atomic E-state index is 13.0. The number of halogens is 1. The second-order valence-corrected chi connectivity index (χ2v) is 3.30. The van der Waals surface area contributed by atoms with Crippen LogP contribution in [0.5, 0.6) is 0 Å². The number of aromatic nitrogens is 1. The zero-order valence-electron chi connectivity index (χ0n) is 8.24. The largest absolute Gasteiger partial charge is 0.328 e. The molecule has 0 spiro atoms.